The van der Waals surface area contributed by atoms with Crippen molar-refractivity contribution >= 4 is 11.8 Å². The molecule has 16 heavy (non-hydrogen) atoms. The summed E-state index contributed by atoms with van der Waals surface area (Å²) in [7, 11) is 1.57. The van der Waals surface area contributed by atoms with Gasteiger partial charge in [-0.2, -0.15) is 0 Å². The van der Waals surface area contributed by atoms with E-state index in [-0.39, 0.29) is 0 Å². The van der Waals surface area contributed by atoms with Gasteiger partial charge in [0.2, 0.25) is 0 Å². The Morgan fingerprint density at radius 2 is 2.00 bits per heavy atom. The zero-order chi connectivity index (χ0) is 11.5. The van der Waals surface area contributed by atoms with E-state index in [9.17, 15) is 4.79 Å². The number of benzene rings is 1. The molecule has 4 heteroatoms. The Balaban J connectivity index is 2.30. The van der Waals surface area contributed by atoms with Gasteiger partial charge in [0.25, 0.3) is 0 Å². The summed E-state index contributed by atoms with van der Waals surface area (Å²) in [6.07, 6.45) is 1.06. The molecule has 1 amide bonds. The van der Waals surface area contributed by atoms with E-state index in [4.69, 9.17) is 5.11 Å². The minimum Gasteiger partial charge on any atom is -0.465 e. The van der Waals surface area contributed by atoms with Gasteiger partial charge in [-0.15, -0.1) is 0 Å². The summed E-state index contributed by atoms with van der Waals surface area (Å²) < 4.78 is 0. The Morgan fingerprint density at radius 3 is 2.69 bits per heavy atom. The van der Waals surface area contributed by atoms with Crippen LogP contribution in [0.2, 0.25) is 0 Å². The average Bonchev–Trinajstić information content (AvgIpc) is 2.51. The smallest absolute Gasteiger partial charge is 0.411 e. The number of carboxylic acid groups (broad SMARTS) is 1. The minimum atomic E-state index is -0.924. The van der Waals surface area contributed by atoms with Crippen LogP contribution in [0, 0.1) is 0 Å². The molecule has 1 aliphatic heterocycles. The van der Waals surface area contributed by atoms with Gasteiger partial charge in [-0.05, 0) is 49.2 Å². The highest BCUT2D eigenvalue weighted by Gasteiger charge is 2.12. The van der Waals surface area contributed by atoms with Crippen molar-refractivity contribution in [2.24, 2.45) is 0 Å². The number of hydrogen-bond acceptors (Lipinski definition) is 2. The van der Waals surface area contributed by atoms with Crippen molar-refractivity contribution in [3.8, 4) is 0 Å². The maximum atomic E-state index is 10.8. The molecule has 1 heterocycles. The molecule has 0 saturated heterocycles. The molecule has 0 spiro atoms. The lowest BCUT2D eigenvalue weighted by Gasteiger charge is -2.15. The van der Waals surface area contributed by atoms with Gasteiger partial charge in [0.1, 0.15) is 0 Å². The molecule has 0 atom stereocenters. The maximum absolute atomic E-state index is 10.8. The molecular weight excluding hydrogens is 204 g/mol. The molecular formula is C12H16N2O2. The van der Waals surface area contributed by atoms with Crippen molar-refractivity contribution in [2.75, 3.05) is 25.0 Å². The van der Waals surface area contributed by atoms with Crippen LogP contribution >= 0.6 is 0 Å². The molecule has 0 unspecified atom stereocenters. The third-order valence-corrected chi connectivity index (χ3v) is 3.01. The van der Waals surface area contributed by atoms with Crippen LogP contribution in [0.1, 0.15) is 11.1 Å². The topological polar surface area (TPSA) is 52.6 Å². The molecule has 0 fully saturated rings. The summed E-state index contributed by atoms with van der Waals surface area (Å²) in [4.78, 5) is 12.1. The lowest BCUT2D eigenvalue weighted by atomic mass is 10.0. The second-order valence-electron chi connectivity index (χ2n) is 4.04. The van der Waals surface area contributed by atoms with Crippen molar-refractivity contribution in [3.05, 3.63) is 29.3 Å². The van der Waals surface area contributed by atoms with Gasteiger partial charge < -0.3 is 10.4 Å². The van der Waals surface area contributed by atoms with Crippen LogP contribution in [0.4, 0.5) is 10.5 Å². The SMILES string of the molecule is CN(C(=O)O)c1ccc2c(c1)CCNCC2. The number of fused-ring (bicyclic) bond motifs is 1. The Labute approximate surface area is 94.9 Å². The third-order valence-electron chi connectivity index (χ3n) is 3.01. The van der Waals surface area contributed by atoms with Crippen LogP contribution in [0.3, 0.4) is 0 Å². The monoisotopic (exact) mass is 220 g/mol. The molecule has 86 valence electrons. The van der Waals surface area contributed by atoms with Crippen LogP contribution in [0.15, 0.2) is 18.2 Å². The predicted octanol–water partition coefficient (Wildman–Crippen LogP) is 1.49. The number of carbonyl (C=O) groups is 1. The largest absolute Gasteiger partial charge is 0.465 e. The number of nitrogens with zero attached hydrogens (tertiary/aromatic N) is 1. The van der Waals surface area contributed by atoms with Gasteiger partial charge in [-0.25, -0.2) is 4.79 Å². The Morgan fingerprint density at radius 1 is 1.31 bits per heavy atom. The molecule has 4 nitrogen and oxygen atoms in total. The molecule has 1 aromatic rings. The summed E-state index contributed by atoms with van der Waals surface area (Å²) >= 11 is 0. The van der Waals surface area contributed by atoms with Crippen molar-refractivity contribution < 1.29 is 9.90 Å². The highest BCUT2D eigenvalue weighted by atomic mass is 16.4. The van der Waals surface area contributed by atoms with E-state index in [1.54, 1.807) is 7.05 Å². The number of hydrogen-bond donors (Lipinski definition) is 2. The molecule has 2 N–H and O–H groups in total. The van der Waals surface area contributed by atoms with E-state index in [0.29, 0.717) is 0 Å². The highest BCUT2D eigenvalue weighted by Crippen LogP contribution is 2.20. The Kier molecular flexibility index (Phi) is 3.10. The summed E-state index contributed by atoms with van der Waals surface area (Å²) in [5.41, 5.74) is 3.33. The summed E-state index contributed by atoms with van der Waals surface area (Å²) in [5, 5.41) is 12.2. The normalized spacial score (nSPS) is 15.1. The van der Waals surface area contributed by atoms with E-state index < -0.39 is 6.09 Å². The van der Waals surface area contributed by atoms with Gasteiger partial charge in [0.15, 0.2) is 0 Å². The molecule has 1 aliphatic rings. The van der Waals surface area contributed by atoms with Crippen LogP contribution in [-0.4, -0.2) is 31.3 Å². The van der Waals surface area contributed by atoms with Crippen molar-refractivity contribution in [2.45, 2.75) is 12.8 Å². The quantitative estimate of drug-likeness (QED) is 0.754. The standard InChI is InChI=1S/C12H16N2O2/c1-14(12(15)16)11-3-2-9-4-6-13-7-5-10(9)8-11/h2-3,8,13H,4-7H2,1H3,(H,15,16). The zero-order valence-corrected chi connectivity index (χ0v) is 9.36. The first kappa shape index (κ1) is 11.0. The molecule has 1 aromatic carbocycles. The second-order valence-corrected chi connectivity index (χ2v) is 4.04. The third kappa shape index (κ3) is 2.17. The van der Waals surface area contributed by atoms with Gasteiger partial charge >= 0.3 is 6.09 Å². The molecule has 0 bridgehead atoms. The number of amides is 1. The number of anilines is 1. The van der Waals surface area contributed by atoms with Gasteiger partial charge in [0.05, 0.1) is 0 Å². The number of nitrogens with one attached hydrogen (secondary N) is 1. The van der Waals surface area contributed by atoms with Crippen molar-refractivity contribution in [1.82, 2.24) is 5.32 Å². The Hall–Kier alpha value is -1.55. The maximum Gasteiger partial charge on any atom is 0.411 e. The molecule has 2 rings (SSSR count). The first-order valence-corrected chi connectivity index (χ1v) is 5.47. The molecule has 0 aliphatic carbocycles. The number of rotatable bonds is 1. The van der Waals surface area contributed by atoms with Crippen LogP contribution in [-0.2, 0) is 12.8 Å². The summed E-state index contributed by atoms with van der Waals surface area (Å²) in [6, 6.07) is 5.89. The van der Waals surface area contributed by atoms with E-state index in [2.05, 4.69) is 5.32 Å². The zero-order valence-electron chi connectivity index (χ0n) is 9.36. The lowest BCUT2D eigenvalue weighted by molar-refractivity contribution is 0.203. The fourth-order valence-corrected chi connectivity index (χ4v) is 1.98. The van der Waals surface area contributed by atoms with E-state index in [1.807, 2.05) is 18.2 Å². The summed E-state index contributed by atoms with van der Waals surface area (Å²) in [6.45, 7) is 1.97. The van der Waals surface area contributed by atoms with E-state index in [1.165, 1.54) is 16.0 Å². The molecule has 0 radical (unpaired) electrons. The van der Waals surface area contributed by atoms with Crippen molar-refractivity contribution in [1.29, 1.82) is 0 Å². The fourth-order valence-electron chi connectivity index (χ4n) is 1.98. The summed E-state index contributed by atoms with van der Waals surface area (Å²) in [5.74, 6) is 0. The van der Waals surface area contributed by atoms with Gasteiger partial charge in [-0.1, -0.05) is 6.07 Å². The predicted molar refractivity (Wildman–Crippen MR) is 63.1 cm³/mol. The second kappa shape index (κ2) is 4.53. The van der Waals surface area contributed by atoms with Gasteiger partial charge in [0, 0.05) is 12.7 Å². The van der Waals surface area contributed by atoms with Crippen molar-refractivity contribution in [3.63, 3.8) is 0 Å². The van der Waals surface area contributed by atoms with Crippen LogP contribution in [0.25, 0.3) is 0 Å². The average molecular weight is 220 g/mol. The van der Waals surface area contributed by atoms with E-state index in [0.717, 1.165) is 31.6 Å². The molecule has 0 saturated carbocycles. The minimum absolute atomic E-state index is 0.744. The van der Waals surface area contributed by atoms with E-state index >= 15 is 0 Å². The fraction of sp³-hybridized carbons (Fsp3) is 0.417. The first-order chi connectivity index (χ1) is 7.68. The lowest BCUT2D eigenvalue weighted by Crippen LogP contribution is -2.23. The first-order valence-electron chi connectivity index (χ1n) is 5.47. The van der Waals surface area contributed by atoms with Crippen LogP contribution in [0.5, 0.6) is 0 Å². The van der Waals surface area contributed by atoms with Gasteiger partial charge in [-0.3, -0.25) is 4.90 Å². The highest BCUT2D eigenvalue weighted by molar-refractivity contribution is 5.85. The Bertz CT molecular complexity index is 404. The van der Waals surface area contributed by atoms with Crippen LogP contribution < -0.4 is 10.2 Å². The molecule has 0 aromatic heterocycles.